The van der Waals surface area contributed by atoms with Crippen molar-refractivity contribution >= 4 is 21.1 Å². The predicted molar refractivity (Wildman–Crippen MR) is 136 cm³/mol. The van der Waals surface area contributed by atoms with Gasteiger partial charge in [0.25, 0.3) is 5.56 Å². The van der Waals surface area contributed by atoms with Crippen LogP contribution in [0.15, 0.2) is 88.8 Å². The normalized spacial score (nSPS) is 11.6. The summed E-state index contributed by atoms with van der Waals surface area (Å²) in [6, 6.07) is 20.5. The zero-order valence-electron chi connectivity index (χ0n) is 19.2. The molecular weight excluding hydrogens is 480 g/mol. The molecule has 0 unspecified atom stereocenters. The van der Waals surface area contributed by atoms with E-state index in [9.17, 15) is 13.2 Å². The average molecular weight is 503 g/mol. The van der Waals surface area contributed by atoms with Gasteiger partial charge in [-0.05, 0) is 48.0 Å². The zero-order chi connectivity index (χ0) is 25.4. The lowest BCUT2D eigenvalue weighted by Crippen LogP contribution is -2.21. The molecule has 4 N–H and O–H groups in total. The summed E-state index contributed by atoms with van der Waals surface area (Å²) in [5.74, 6) is 0.675. The van der Waals surface area contributed by atoms with Gasteiger partial charge in [-0.15, -0.1) is 0 Å². The van der Waals surface area contributed by atoms with E-state index in [4.69, 9.17) is 15.6 Å². The van der Waals surface area contributed by atoms with E-state index in [0.29, 0.717) is 39.5 Å². The maximum absolute atomic E-state index is 13.6. The second-order valence-electron chi connectivity index (χ2n) is 7.97. The molecule has 3 aromatic carbocycles. The van der Waals surface area contributed by atoms with Crippen LogP contribution in [0.2, 0.25) is 0 Å². The first-order valence-corrected chi connectivity index (χ1v) is 12.4. The molecule has 5 aromatic rings. The van der Waals surface area contributed by atoms with E-state index >= 15 is 0 Å². The van der Waals surface area contributed by atoms with E-state index < -0.39 is 10.0 Å². The Morgan fingerprint density at radius 3 is 2.25 bits per heavy atom. The first kappa shape index (κ1) is 23.4. The Bertz CT molecular complexity index is 1740. The number of primary sulfonamides is 1. The molecule has 0 aliphatic rings. The fourth-order valence-corrected chi connectivity index (χ4v) is 4.81. The Balaban J connectivity index is 1.62. The summed E-state index contributed by atoms with van der Waals surface area (Å²) in [5.41, 5.74) is 9.06. The van der Waals surface area contributed by atoms with Gasteiger partial charge >= 0.3 is 0 Å². The first-order chi connectivity index (χ1) is 17.3. The van der Waals surface area contributed by atoms with Crippen molar-refractivity contribution in [1.82, 2.24) is 19.3 Å². The van der Waals surface area contributed by atoms with E-state index in [2.05, 4.69) is 10.1 Å². The first-order valence-electron chi connectivity index (χ1n) is 10.9. The van der Waals surface area contributed by atoms with Crippen LogP contribution in [0.4, 0.5) is 0 Å². The van der Waals surface area contributed by atoms with Gasteiger partial charge in [-0.1, -0.05) is 30.3 Å². The van der Waals surface area contributed by atoms with E-state index in [1.165, 1.54) is 21.6 Å². The van der Waals surface area contributed by atoms with Crippen molar-refractivity contribution in [2.24, 2.45) is 10.9 Å². The average Bonchev–Trinajstić information content (AvgIpc) is 3.28. The van der Waals surface area contributed by atoms with Crippen molar-refractivity contribution in [2.45, 2.75) is 11.4 Å². The summed E-state index contributed by atoms with van der Waals surface area (Å²) in [6.07, 6.45) is 1.43. The molecule has 0 spiro atoms. The minimum Gasteiger partial charge on any atom is -0.497 e. The predicted octanol–water partition coefficient (Wildman–Crippen LogP) is 2.35. The number of methoxy groups -OCH3 is 1. The number of hydrogen-bond donors (Lipinski definition) is 2. The molecule has 0 saturated carbocycles. The van der Waals surface area contributed by atoms with Crippen LogP contribution < -0.4 is 21.2 Å². The van der Waals surface area contributed by atoms with Crippen molar-refractivity contribution in [3.8, 4) is 28.3 Å². The Morgan fingerprint density at radius 1 is 0.944 bits per heavy atom. The molecule has 0 radical (unpaired) electrons. The maximum atomic E-state index is 13.6. The standard InChI is InChI=1S/C25H22N6O4S/c1-35-19-12-10-18(11-13-19)31-24-23(21(14-26)29-31)28-15-30(25(24)32)17-8-6-16(7-9-17)20-4-2-3-5-22(20)36(27,33)34/h2-13,15H,14,26H2,1H3,(H2,27,33,34). The second-order valence-corrected chi connectivity index (χ2v) is 9.50. The fourth-order valence-electron chi connectivity index (χ4n) is 4.05. The van der Waals surface area contributed by atoms with Crippen LogP contribution in [-0.2, 0) is 16.6 Å². The van der Waals surface area contributed by atoms with E-state index in [1.54, 1.807) is 73.8 Å². The quantitative estimate of drug-likeness (QED) is 0.362. The fraction of sp³-hybridized carbons (Fsp3) is 0.0800. The number of nitrogens with two attached hydrogens (primary N) is 2. The maximum Gasteiger partial charge on any atom is 0.284 e. The molecule has 0 saturated heterocycles. The second kappa shape index (κ2) is 9.04. The number of benzene rings is 3. The van der Waals surface area contributed by atoms with Crippen LogP contribution in [-0.4, -0.2) is 34.9 Å². The third-order valence-corrected chi connectivity index (χ3v) is 6.78. The van der Waals surface area contributed by atoms with Crippen molar-refractivity contribution < 1.29 is 13.2 Å². The molecule has 36 heavy (non-hydrogen) atoms. The van der Waals surface area contributed by atoms with Crippen LogP contribution in [0.5, 0.6) is 5.75 Å². The van der Waals surface area contributed by atoms with Crippen LogP contribution in [0.25, 0.3) is 33.5 Å². The molecule has 5 rings (SSSR count). The topological polar surface area (TPSA) is 148 Å². The molecule has 2 aromatic heterocycles. The zero-order valence-corrected chi connectivity index (χ0v) is 20.0. The Kier molecular flexibility index (Phi) is 5.88. The lowest BCUT2D eigenvalue weighted by atomic mass is 10.1. The molecule has 0 atom stereocenters. The SMILES string of the molecule is COc1ccc(-n2nc(CN)c3ncn(-c4ccc(-c5ccccc5S(N)(=O)=O)cc4)c(=O)c32)cc1. The molecule has 0 aliphatic heterocycles. The highest BCUT2D eigenvalue weighted by molar-refractivity contribution is 7.89. The van der Waals surface area contributed by atoms with Gasteiger partial charge < -0.3 is 10.5 Å². The number of rotatable bonds is 6. The Morgan fingerprint density at radius 2 is 1.61 bits per heavy atom. The van der Waals surface area contributed by atoms with Crippen molar-refractivity contribution in [1.29, 1.82) is 0 Å². The molecule has 182 valence electrons. The summed E-state index contributed by atoms with van der Waals surface area (Å²) < 4.78 is 32.1. The number of fused-ring (bicyclic) bond motifs is 1. The van der Waals surface area contributed by atoms with Gasteiger partial charge in [0, 0.05) is 12.1 Å². The summed E-state index contributed by atoms with van der Waals surface area (Å²) >= 11 is 0. The van der Waals surface area contributed by atoms with Crippen LogP contribution in [0.1, 0.15) is 5.69 Å². The molecule has 0 bridgehead atoms. The molecular formula is C25H22N6O4S. The van der Waals surface area contributed by atoms with Gasteiger partial charge in [0.2, 0.25) is 10.0 Å². The van der Waals surface area contributed by atoms with Crippen molar-refractivity contribution in [2.75, 3.05) is 7.11 Å². The Labute approximate surface area is 206 Å². The number of nitrogens with zero attached hydrogens (tertiary/aromatic N) is 4. The lowest BCUT2D eigenvalue weighted by molar-refractivity contribution is 0.414. The number of ether oxygens (including phenoxy) is 1. The molecule has 11 heteroatoms. The lowest BCUT2D eigenvalue weighted by Gasteiger charge is -2.10. The van der Waals surface area contributed by atoms with E-state index in [-0.39, 0.29) is 22.5 Å². The van der Waals surface area contributed by atoms with E-state index in [1.807, 2.05) is 0 Å². The highest BCUT2D eigenvalue weighted by atomic mass is 32.2. The van der Waals surface area contributed by atoms with Crippen LogP contribution >= 0.6 is 0 Å². The monoisotopic (exact) mass is 502 g/mol. The molecule has 0 amide bonds. The summed E-state index contributed by atoms with van der Waals surface area (Å²) in [7, 11) is -2.33. The summed E-state index contributed by atoms with van der Waals surface area (Å²) in [6.45, 7) is 0.119. The minimum atomic E-state index is -3.90. The Hall–Kier alpha value is -4.32. The molecule has 10 nitrogen and oxygen atoms in total. The smallest absolute Gasteiger partial charge is 0.284 e. The minimum absolute atomic E-state index is 0.0238. The third kappa shape index (κ3) is 4.05. The highest BCUT2D eigenvalue weighted by Gasteiger charge is 2.19. The largest absolute Gasteiger partial charge is 0.497 e. The number of aromatic nitrogens is 4. The van der Waals surface area contributed by atoms with Gasteiger partial charge in [0.15, 0.2) is 5.52 Å². The molecule has 0 aliphatic carbocycles. The van der Waals surface area contributed by atoms with Gasteiger partial charge in [0.05, 0.1) is 23.4 Å². The van der Waals surface area contributed by atoms with Crippen molar-refractivity contribution in [3.05, 3.63) is 95.2 Å². The van der Waals surface area contributed by atoms with Crippen LogP contribution in [0.3, 0.4) is 0 Å². The highest BCUT2D eigenvalue weighted by Crippen LogP contribution is 2.27. The number of sulfonamides is 1. The van der Waals surface area contributed by atoms with Gasteiger partial charge in [-0.2, -0.15) is 5.10 Å². The van der Waals surface area contributed by atoms with Crippen LogP contribution in [0, 0.1) is 0 Å². The summed E-state index contributed by atoms with van der Waals surface area (Å²) in [4.78, 5) is 18.1. The van der Waals surface area contributed by atoms with Gasteiger partial charge in [-0.3, -0.25) is 9.36 Å². The molecule has 2 heterocycles. The molecule has 0 fully saturated rings. The third-order valence-electron chi connectivity index (χ3n) is 5.81. The van der Waals surface area contributed by atoms with Crippen molar-refractivity contribution in [3.63, 3.8) is 0 Å². The van der Waals surface area contributed by atoms with E-state index in [0.717, 1.165) is 0 Å². The summed E-state index contributed by atoms with van der Waals surface area (Å²) in [5, 5.41) is 9.90. The van der Waals surface area contributed by atoms with Gasteiger partial charge in [-0.25, -0.2) is 23.2 Å². The van der Waals surface area contributed by atoms with Gasteiger partial charge in [0.1, 0.15) is 23.3 Å². The number of hydrogen-bond acceptors (Lipinski definition) is 7.